The molecule has 58 valence electrons. The maximum atomic E-state index is 5.21. The van der Waals surface area contributed by atoms with Gasteiger partial charge in [-0.05, 0) is 25.2 Å². The van der Waals surface area contributed by atoms with E-state index in [1.807, 2.05) is 0 Å². The first kappa shape index (κ1) is 9.32. The molecule has 0 radical (unpaired) electrons. The SMILES string of the molecule is CNC(=S)N/N=C/CCN. The molecule has 4 nitrogen and oxygen atoms in total. The Labute approximate surface area is 65.9 Å². The molecule has 0 aliphatic heterocycles. The van der Waals surface area contributed by atoms with Gasteiger partial charge in [0.25, 0.3) is 0 Å². The van der Waals surface area contributed by atoms with Gasteiger partial charge in [-0.15, -0.1) is 0 Å². The second-order valence-electron chi connectivity index (χ2n) is 1.58. The highest BCUT2D eigenvalue weighted by Crippen LogP contribution is 1.66. The summed E-state index contributed by atoms with van der Waals surface area (Å²) in [7, 11) is 1.73. The third kappa shape index (κ3) is 5.46. The maximum absolute atomic E-state index is 5.21. The first-order valence-electron chi connectivity index (χ1n) is 3.00. The number of nitrogens with zero attached hydrogens (tertiary/aromatic N) is 1. The van der Waals surface area contributed by atoms with Gasteiger partial charge in [-0.1, -0.05) is 0 Å². The van der Waals surface area contributed by atoms with Crippen molar-refractivity contribution in [1.29, 1.82) is 0 Å². The number of hydrazone groups is 1. The van der Waals surface area contributed by atoms with Crippen molar-refractivity contribution >= 4 is 23.5 Å². The number of nitrogens with two attached hydrogens (primary N) is 1. The van der Waals surface area contributed by atoms with Crippen LogP contribution in [0.15, 0.2) is 5.10 Å². The molecule has 5 heteroatoms. The molecule has 0 aromatic carbocycles. The highest BCUT2D eigenvalue weighted by atomic mass is 32.1. The second kappa shape index (κ2) is 6.44. The van der Waals surface area contributed by atoms with E-state index in [2.05, 4.69) is 15.8 Å². The van der Waals surface area contributed by atoms with Crippen molar-refractivity contribution in [1.82, 2.24) is 10.7 Å². The van der Waals surface area contributed by atoms with Crippen molar-refractivity contribution in [2.24, 2.45) is 10.8 Å². The summed E-state index contributed by atoms with van der Waals surface area (Å²) in [6, 6.07) is 0. The lowest BCUT2D eigenvalue weighted by Gasteiger charge is -1.98. The topological polar surface area (TPSA) is 62.4 Å². The van der Waals surface area contributed by atoms with Gasteiger partial charge in [-0.2, -0.15) is 5.10 Å². The molecule has 0 heterocycles. The number of thiocarbonyl (C=S) groups is 1. The van der Waals surface area contributed by atoms with Crippen LogP contribution in [0.5, 0.6) is 0 Å². The normalized spacial score (nSPS) is 9.80. The summed E-state index contributed by atoms with van der Waals surface area (Å²) in [5.41, 5.74) is 7.81. The van der Waals surface area contributed by atoms with Crippen molar-refractivity contribution < 1.29 is 0 Å². The minimum absolute atomic E-state index is 0.508. The van der Waals surface area contributed by atoms with Gasteiger partial charge < -0.3 is 11.1 Å². The fourth-order valence-electron chi connectivity index (χ4n) is 0.299. The van der Waals surface area contributed by atoms with Gasteiger partial charge in [0.05, 0.1) is 0 Å². The average Bonchev–Trinajstić information content (AvgIpc) is 1.98. The van der Waals surface area contributed by atoms with E-state index < -0.39 is 0 Å². The van der Waals surface area contributed by atoms with Crippen LogP contribution in [0.1, 0.15) is 6.42 Å². The summed E-state index contributed by atoms with van der Waals surface area (Å²) in [4.78, 5) is 0. The van der Waals surface area contributed by atoms with E-state index in [9.17, 15) is 0 Å². The Morgan fingerprint density at radius 2 is 2.50 bits per heavy atom. The van der Waals surface area contributed by atoms with E-state index in [-0.39, 0.29) is 0 Å². The molecule has 0 aromatic rings. The fraction of sp³-hybridized carbons (Fsp3) is 0.600. The Kier molecular flexibility index (Phi) is 6.00. The predicted molar refractivity (Wildman–Crippen MR) is 47.0 cm³/mol. The summed E-state index contributed by atoms with van der Waals surface area (Å²) in [6.07, 6.45) is 2.45. The van der Waals surface area contributed by atoms with E-state index in [4.69, 9.17) is 18.0 Å². The number of hydrogen-bond donors (Lipinski definition) is 3. The summed E-state index contributed by atoms with van der Waals surface area (Å²) in [6.45, 7) is 0.609. The van der Waals surface area contributed by atoms with E-state index in [1.54, 1.807) is 13.3 Å². The average molecular weight is 160 g/mol. The number of rotatable bonds is 3. The Bertz CT molecular complexity index is 123. The van der Waals surface area contributed by atoms with Crippen molar-refractivity contribution in [2.45, 2.75) is 6.42 Å². The number of hydrogen-bond acceptors (Lipinski definition) is 3. The molecule has 0 spiro atoms. The van der Waals surface area contributed by atoms with Crippen molar-refractivity contribution in [3.8, 4) is 0 Å². The van der Waals surface area contributed by atoms with Crippen LogP contribution in [0.4, 0.5) is 0 Å². The van der Waals surface area contributed by atoms with Crippen LogP contribution >= 0.6 is 12.2 Å². The molecular formula is C5H12N4S. The lowest BCUT2D eigenvalue weighted by Crippen LogP contribution is -2.28. The van der Waals surface area contributed by atoms with Gasteiger partial charge in [0.15, 0.2) is 5.11 Å². The third-order valence-electron chi connectivity index (χ3n) is 0.780. The zero-order valence-corrected chi connectivity index (χ0v) is 6.74. The number of nitrogens with one attached hydrogen (secondary N) is 2. The van der Waals surface area contributed by atoms with Gasteiger partial charge in [0.1, 0.15) is 0 Å². The summed E-state index contributed by atoms with van der Waals surface area (Å²) in [5.74, 6) is 0. The van der Waals surface area contributed by atoms with Crippen LogP contribution in [-0.2, 0) is 0 Å². The van der Waals surface area contributed by atoms with Gasteiger partial charge in [-0.3, -0.25) is 5.43 Å². The first-order valence-corrected chi connectivity index (χ1v) is 3.41. The largest absolute Gasteiger partial charge is 0.364 e. The molecule has 0 saturated heterocycles. The molecule has 0 fully saturated rings. The Balaban J connectivity index is 3.25. The summed E-state index contributed by atoms with van der Waals surface area (Å²) < 4.78 is 0. The van der Waals surface area contributed by atoms with Crippen LogP contribution in [0, 0.1) is 0 Å². The smallest absolute Gasteiger partial charge is 0.186 e. The molecule has 0 atom stereocenters. The maximum Gasteiger partial charge on any atom is 0.186 e. The molecule has 0 amide bonds. The lowest BCUT2D eigenvalue weighted by molar-refractivity contribution is 0.962. The van der Waals surface area contributed by atoms with Crippen LogP contribution in [0.25, 0.3) is 0 Å². The summed E-state index contributed by atoms with van der Waals surface area (Å²) >= 11 is 4.74. The molecule has 0 aliphatic rings. The predicted octanol–water partition coefficient (Wildman–Crippen LogP) is -0.585. The third-order valence-corrected chi connectivity index (χ3v) is 1.08. The highest BCUT2D eigenvalue weighted by Gasteiger charge is 1.82. The fourth-order valence-corrected chi connectivity index (χ4v) is 0.352. The van der Waals surface area contributed by atoms with Gasteiger partial charge in [0.2, 0.25) is 0 Å². The van der Waals surface area contributed by atoms with E-state index >= 15 is 0 Å². The highest BCUT2D eigenvalue weighted by molar-refractivity contribution is 7.80. The molecule has 10 heavy (non-hydrogen) atoms. The van der Waals surface area contributed by atoms with E-state index in [0.29, 0.717) is 11.7 Å². The van der Waals surface area contributed by atoms with Crippen LogP contribution in [-0.4, -0.2) is 24.9 Å². The molecule has 0 unspecified atom stereocenters. The van der Waals surface area contributed by atoms with E-state index in [0.717, 1.165) is 6.42 Å². The van der Waals surface area contributed by atoms with Crippen molar-refractivity contribution in [3.63, 3.8) is 0 Å². The van der Waals surface area contributed by atoms with Gasteiger partial charge in [0, 0.05) is 13.3 Å². The van der Waals surface area contributed by atoms with Gasteiger partial charge >= 0.3 is 0 Å². The second-order valence-corrected chi connectivity index (χ2v) is 1.99. The van der Waals surface area contributed by atoms with Gasteiger partial charge in [-0.25, -0.2) is 0 Å². The summed E-state index contributed by atoms with van der Waals surface area (Å²) in [5, 5.41) is 7.00. The minimum Gasteiger partial charge on any atom is -0.364 e. The minimum atomic E-state index is 0.508. The molecule has 0 rings (SSSR count). The molecule has 0 bridgehead atoms. The van der Waals surface area contributed by atoms with E-state index in [1.165, 1.54) is 0 Å². The Morgan fingerprint density at radius 3 is 3.00 bits per heavy atom. The zero-order chi connectivity index (χ0) is 7.82. The van der Waals surface area contributed by atoms with Crippen LogP contribution in [0.3, 0.4) is 0 Å². The Morgan fingerprint density at radius 1 is 1.80 bits per heavy atom. The molecule has 0 saturated carbocycles. The molecule has 4 N–H and O–H groups in total. The van der Waals surface area contributed by atoms with Crippen molar-refractivity contribution in [3.05, 3.63) is 0 Å². The molecule has 0 aliphatic carbocycles. The van der Waals surface area contributed by atoms with Crippen LogP contribution in [0.2, 0.25) is 0 Å². The first-order chi connectivity index (χ1) is 4.81. The quantitative estimate of drug-likeness (QED) is 0.293. The monoisotopic (exact) mass is 160 g/mol. The standard InChI is InChI=1S/C5H12N4S/c1-7-5(10)9-8-4-2-3-6/h4H,2-3,6H2,1H3,(H2,7,9,10)/b8-4+. The zero-order valence-electron chi connectivity index (χ0n) is 5.92. The molecule has 0 aromatic heterocycles. The Hall–Kier alpha value is -0.680. The van der Waals surface area contributed by atoms with Crippen molar-refractivity contribution in [2.75, 3.05) is 13.6 Å². The lowest BCUT2D eigenvalue weighted by atomic mass is 10.5. The molecular weight excluding hydrogens is 148 g/mol. The van der Waals surface area contributed by atoms with Crippen LogP contribution < -0.4 is 16.5 Å².